The molecule has 0 bridgehead atoms. The van der Waals surface area contributed by atoms with Gasteiger partial charge in [-0.2, -0.15) is 0 Å². The number of ether oxygens (including phenoxy) is 1. The lowest BCUT2D eigenvalue weighted by molar-refractivity contribution is -0.139. The molecule has 0 unspecified atom stereocenters. The molecule has 1 aliphatic rings. The molecule has 0 aromatic heterocycles. The second-order valence-corrected chi connectivity index (χ2v) is 7.71. The van der Waals surface area contributed by atoms with Crippen LogP contribution in [0.25, 0.3) is 11.1 Å². The monoisotopic (exact) mass is 383 g/mol. The van der Waals surface area contributed by atoms with E-state index in [1.54, 1.807) is 13.8 Å². The van der Waals surface area contributed by atoms with Gasteiger partial charge >= 0.3 is 12.1 Å². The van der Waals surface area contributed by atoms with E-state index in [2.05, 4.69) is 5.32 Å². The van der Waals surface area contributed by atoms with Crippen molar-refractivity contribution in [2.24, 2.45) is 0 Å². The molecule has 148 valence electrons. The van der Waals surface area contributed by atoms with Crippen molar-refractivity contribution in [2.45, 2.75) is 44.2 Å². The molecular weight excluding hydrogens is 358 g/mol. The Balaban J connectivity index is 1.65. The molecule has 2 aromatic carbocycles. The van der Waals surface area contributed by atoms with Crippen LogP contribution in [0.15, 0.2) is 48.5 Å². The minimum atomic E-state index is -1.15. The summed E-state index contributed by atoms with van der Waals surface area (Å²) < 4.78 is 5.38. The number of nitrogens with one attached hydrogen (secondary N) is 1. The fourth-order valence-electron chi connectivity index (χ4n) is 3.54. The number of benzene rings is 2. The Hall–Kier alpha value is -2.86. The van der Waals surface area contributed by atoms with Gasteiger partial charge in [0, 0.05) is 5.92 Å². The number of aliphatic hydroxyl groups is 1. The van der Waals surface area contributed by atoms with Gasteiger partial charge in [-0.3, -0.25) is 0 Å². The molecule has 0 saturated carbocycles. The number of rotatable bonds is 7. The molecule has 0 aliphatic heterocycles. The Bertz CT molecular complexity index is 826. The Kier molecular flexibility index (Phi) is 5.70. The van der Waals surface area contributed by atoms with E-state index in [1.807, 2.05) is 48.5 Å². The van der Waals surface area contributed by atoms with Gasteiger partial charge in [-0.1, -0.05) is 48.5 Å². The maximum absolute atomic E-state index is 12.2. The highest BCUT2D eigenvalue weighted by Crippen LogP contribution is 2.44. The number of carboxylic acid groups (broad SMARTS) is 1. The number of carbonyl (C=O) groups excluding carboxylic acids is 1. The third kappa shape index (κ3) is 4.51. The Morgan fingerprint density at radius 3 is 2.11 bits per heavy atom. The minimum Gasteiger partial charge on any atom is -0.480 e. The number of fused-ring (bicyclic) bond motifs is 3. The summed E-state index contributed by atoms with van der Waals surface area (Å²) in [5.74, 6) is -1.24. The Morgan fingerprint density at radius 1 is 1.07 bits per heavy atom. The lowest BCUT2D eigenvalue weighted by Crippen LogP contribution is -2.42. The molecule has 0 spiro atoms. The lowest BCUT2D eigenvalue weighted by Gasteiger charge is -2.21. The molecule has 6 nitrogen and oxygen atoms in total. The average Bonchev–Trinajstić information content (AvgIpc) is 2.96. The number of hydrogen-bond donors (Lipinski definition) is 3. The molecule has 1 amide bonds. The highest BCUT2D eigenvalue weighted by molar-refractivity contribution is 5.81. The van der Waals surface area contributed by atoms with E-state index >= 15 is 0 Å². The summed E-state index contributed by atoms with van der Waals surface area (Å²) in [5, 5.41) is 21.5. The van der Waals surface area contributed by atoms with Crippen molar-refractivity contribution in [2.75, 3.05) is 6.61 Å². The van der Waals surface area contributed by atoms with Crippen LogP contribution in [0.3, 0.4) is 0 Å². The molecule has 2 aromatic rings. The molecule has 28 heavy (non-hydrogen) atoms. The maximum atomic E-state index is 12.2. The minimum absolute atomic E-state index is 0.0854. The van der Waals surface area contributed by atoms with Gasteiger partial charge in [0.2, 0.25) is 0 Å². The summed E-state index contributed by atoms with van der Waals surface area (Å²) in [6, 6.07) is 14.9. The smallest absolute Gasteiger partial charge is 0.407 e. The van der Waals surface area contributed by atoms with Crippen LogP contribution in [0.4, 0.5) is 4.79 Å². The topological polar surface area (TPSA) is 95.9 Å². The predicted octanol–water partition coefficient (Wildman–Crippen LogP) is 3.53. The van der Waals surface area contributed by atoms with E-state index in [0.29, 0.717) is 0 Å². The first-order chi connectivity index (χ1) is 13.3. The second-order valence-electron chi connectivity index (χ2n) is 7.71. The molecule has 1 atom stereocenters. The zero-order valence-electron chi connectivity index (χ0n) is 16.0. The van der Waals surface area contributed by atoms with Crippen molar-refractivity contribution in [3.05, 3.63) is 59.7 Å². The van der Waals surface area contributed by atoms with Crippen LogP contribution >= 0.6 is 0 Å². The maximum Gasteiger partial charge on any atom is 0.407 e. The van der Waals surface area contributed by atoms with E-state index in [1.165, 1.54) is 0 Å². The quantitative estimate of drug-likeness (QED) is 0.680. The largest absolute Gasteiger partial charge is 0.480 e. The second kappa shape index (κ2) is 8.02. The Morgan fingerprint density at radius 2 is 1.61 bits per heavy atom. The number of aliphatic carboxylic acids is 1. The standard InChI is InChI=1S/C22H25NO5/c1-22(2,27)12-11-19(20(24)25)23-21(26)28-13-18-16-9-5-3-7-14(16)15-8-4-6-10-17(15)18/h3-10,18-19,27H,11-13H2,1-2H3,(H,23,26)(H,24,25)/t19-/m0/s1. The third-order valence-corrected chi connectivity index (χ3v) is 4.98. The fraction of sp³-hybridized carbons (Fsp3) is 0.364. The van der Waals surface area contributed by atoms with Crippen molar-refractivity contribution < 1.29 is 24.5 Å². The van der Waals surface area contributed by atoms with Crippen LogP contribution in [0.5, 0.6) is 0 Å². The van der Waals surface area contributed by atoms with Crippen LogP contribution in [0.2, 0.25) is 0 Å². The predicted molar refractivity (Wildman–Crippen MR) is 105 cm³/mol. The van der Waals surface area contributed by atoms with E-state index < -0.39 is 23.7 Å². The number of amides is 1. The first kappa shape index (κ1) is 19.9. The van der Waals surface area contributed by atoms with Gasteiger partial charge < -0.3 is 20.3 Å². The highest BCUT2D eigenvalue weighted by atomic mass is 16.5. The summed E-state index contributed by atoms with van der Waals surface area (Å²) in [6.07, 6.45) is -0.415. The fourth-order valence-corrected chi connectivity index (χ4v) is 3.54. The summed E-state index contributed by atoms with van der Waals surface area (Å²) >= 11 is 0. The first-order valence-electron chi connectivity index (χ1n) is 9.33. The average molecular weight is 383 g/mol. The molecular formula is C22H25NO5. The zero-order valence-corrected chi connectivity index (χ0v) is 16.0. The van der Waals surface area contributed by atoms with E-state index in [9.17, 15) is 19.8 Å². The molecule has 0 fully saturated rings. The van der Waals surface area contributed by atoms with Crippen LogP contribution in [0, 0.1) is 0 Å². The van der Waals surface area contributed by atoms with Gasteiger partial charge in [0.1, 0.15) is 12.6 Å². The van der Waals surface area contributed by atoms with Gasteiger partial charge in [-0.05, 0) is 48.9 Å². The zero-order chi connectivity index (χ0) is 20.3. The van der Waals surface area contributed by atoms with Crippen LogP contribution < -0.4 is 5.32 Å². The third-order valence-electron chi connectivity index (χ3n) is 4.98. The van der Waals surface area contributed by atoms with Crippen LogP contribution in [0.1, 0.15) is 43.7 Å². The van der Waals surface area contributed by atoms with Gasteiger partial charge in [0.15, 0.2) is 0 Å². The number of carbonyl (C=O) groups is 2. The van der Waals surface area contributed by atoms with Crippen molar-refractivity contribution in [3.63, 3.8) is 0 Å². The summed E-state index contributed by atoms with van der Waals surface area (Å²) in [5.41, 5.74) is 3.43. The van der Waals surface area contributed by atoms with Crippen molar-refractivity contribution in [3.8, 4) is 11.1 Å². The SMILES string of the molecule is CC(C)(O)CC[C@H](NC(=O)OCC1c2ccccc2-c2ccccc21)C(=O)O. The van der Waals surface area contributed by atoms with Crippen molar-refractivity contribution in [1.82, 2.24) is 5.32 Å². The first-order valence-corrected chi connectivity index (χ1v) is 9.33. The van der Waals surface area contributed by atoms with E-state index in [0.717, 1.165) is 22.3 Å². The highest BCUT2D eigenvalue weighted by Gasteiger charge is 2.30. The van der Waals surface area contributed by atoms with Crippen LogP contribution in [-0.2, 0) is 9.53 Å². The van der Waals surface area contributed by atoms with Gasteiger partial charge in [-0.25, -0.2) is 9.59 Å². The van der Waals surface area contributed by atoms with Gasteiger partial charge in [0.25, 0.3) is 0 Å². The number of hydrogen-bond acceptors (Lipinski definition) is 4. The molecule has 0 heterocycles. The van der Waals surface area contributed by atoms with Gasteiger partial charge in [-0.15, -0.1) is 0 Å². The van der Waals surface area contributed by atoms with Crippen LogP contribution in [-0.4, -0.2) is 40.5 Å². The Labute approximate surface area is 164 Å². The summed E-state index contributed by atoms with van der Waals surface area (Å²) in [6.45, 7) is 3.32. The molecule has 1 aliphatic carbocycles. The van der Waals surface area contributed by atoms with E-state index in [-0.39, 0.29) is 25.4 Å². The van der Waals surface area contributed by atoms with Gasteiger partial charge in [0.05, 0.1) is 5.60 Å². The lowest BCUT2D eigenvalue weighted by atomic mass is 9.98. The number of carboxylic acids is 1. The van der Waals surface area contributed by atoms with E-state index in [4.69, 9.17) is 4.74 Å². The van der Waals surface area contributed by atoms with Crippen molar-refractivity contribution >= 4 is 12.1 Å². The molecule has 0 saturated heterocycles. The summed E-state index contributed by atoms with van der Waals surface area (Å²) in [7, 11) is 0. The molecule has 0 radical (unpaired) electrons. The number of alkyl carbamates (subject to hydrolysis) is 1. The van der Waals surface area contributed by atoms with Crippen molar-refractivity contribution in [1.29, 1.82) is 0 Å². The molecule has 6 heteroatoms. The molecule has 3 N–H and O–H groups in total. The normalized spacial score (nSPS) is 14.1. The summed E-state index contributed by atoms with van der Waals surface area (Å²) in [4.78, 5) is 23.6. The molecule has 3 rings (SSSR count).